The molecular formula is C35H38F2N4O5. The molecule has 1 aliphatic rings. The fraction of sp³-hybridized carbons (Fsp3) is 0.286. The number of carbonyl (C=O) groups is 1. The first-order chi connectivity index (χ1) is 22.2. The monoisotopic (exact) mass is 632 g/mol. The zero-order valence-corrected chi connectivity index (χ0v) is 25.8. The Hall–Kier alpha value is -5.05. The van der Waals surface area contributed by atoms with Gasteiger partial charge in [0.1, 0.15) is 25.1 Å². The van der Waals surface area contributed by atoms with Crippen LogP contribution in [0.3, 0.4) is 0 Å². The van der Waals surface area contributed by atoms with Gasteiger partial charge in [0.05, 0.1) is 37.2 Å². The van der Waals surface area contributed by atoms with Crippen LogP contribution in [0.15, 0.2) is 103 Å². The molecule has 9 nitrogen and oxygen atoms in total. The Kier molecular flexibility index (Phi) is 12.0. The molecule has 4 atom stereocenters. The average molecular weight is 633 g/mol. The van der Waals surface area contributed by atoms with Gasteiger partial charge in [0, 0.05) is 12.5 Å². The number of nitrogens with two attached hydrogens (primary N) is 1. The molecule has 3 aromatic carbocycles. The second-order valence-corrected chi connectivity index (χ2v) is 10.6. The summed E-state index contributed by atoms with van der Waals surface area (Å²) in [5.74, 6) is -1.52. The van der Waals surface area contributed by atoms with Crippen LogP contribution in [0.2, 0.25) is 0 Å². The molecule has 0 aliphatic carbocycles. The summed E-state index contributed by atoms with van der Waals surface area (Å²) >= 11 is 0. The summed E-state index contributed by atoms with van der Waals surface area (Å²) in [6, 6.07) is 17.2. The lowest BCUT2D eigenvalue weighted by Gasteiger charge is -2.31. The topological polar surface area (TPSA) is 116 Å². The molecular weight excluding hydrogens is 594 g/mol. The molecule has 3 aromatic rings. The normalized spacial score (nSPS) is 17.0. The second-order valence-electron chi connectivity index (χ2n) is 10.6. The first kappa shape index (κ1) is 33.8. The number of aryl methyl sites for hydroxylation is 1. The Morgan fingerprint density at radius 3 is 2.50 bits per heavy atom. The summed E-state index contributed by atoms with van der Waals surface area (Å²) in [6.45, 7) is 10.3. The molecule has 1 fully saturated rings. The Bertz CT molecular complexity index is 1590. The first-order valence-corrected chi connectivity index (χ1v) is 14.6. The van der Waals surface area contributed by atoms with Gasteiger partial charge in [0.2, 0.25) is 5.88 Å². The van der Waals surface area contributed by atoms with Crippen molar-refractivity contribution in [2.24, 2.45) is 5.73 Å². The second kappa shape index (κ2) is 16.3. The zero-order chi connectivity index (χ0) is 33.1. The molecule has 0 radical (unpaired) electrons. The van der Waals surface area contributed by atoms with Crippen LogP contribution in [0.25, 0.3) is 0 Å². The highest BCUT2D eigenvalue weighted by atomic mass is 19.1. The van der Waals surface area contributed by atoms with E-state index in [9.17, 15) is 9.18 Å². The van der Waals surface area contributed by atoms with Gasteiger partial charge in [-0.15, -0.1) is 5.73 Å². The van der Waals surface area contributed by atoms with Gasteiger partial charge >= 0.3 is 6.09 Å². The van der Waals surface area contributed by atoms with Gasteiger partial charge in [-0.3, -0.25) is 0 Å². The number of carbonyl (C=O) groups excluding carboxylic acids is 1. The molecule has 242 valence electrons. The Morgan fingerprint density at radius 1 is 1.09 bits per heavy atom. The number of hydrogen-bond acceptors (Lipinski definition) is 8. The van der Waals surface area contributed by atoms with Crippen LogP contribution < -0.4 is 26.4 Å². The number of morpholine rings is 1. The minimum absolute atomic E-state index is 0.0450. The van der Waals surface area contributed by atoms with E-state index in [1.807, 2.05) is 31.2 Å². The van der Waals surface area contributed by atoms with Crippen LogP contribution in [-0.4, -0.2) is 57.8 Å². The third-order valence-corrected chi connectivity index (χ3v) is 7.36. The third kappa shape index (κ3) is 9.00. The standard InChI is InChI=1S/C35H38F2N4O5/c1-5-29(33(41-35(42)43-4)32(23-13-15-25(36)16-14-23)24-10-7-9-22(3)17-24)40-30-12-8-11-28(37)34(30)46-21-27-18-39-26(19-44-27)20-45-31(38)6-2/h7-17,26-27,32-33,39-40H,1-2,18-21,38H2,3-4H3,(H,41,42)/t26-,27-,32-,33+/m0/s1. The smallest absolute Gasteiger partial charge is 0.407 e. The molecule has 46 heavy (non-hydrogen) atoms. The van der Waals surface area contributed by atoms with Gasteiger partial charge in [0.25, 0.3) is 0 Å². The molecule has 1 saturated heterocycles. The Balaban J connectivity index is 1.59. The quantitative estimate of drug-likeness (QED) is 0.149. The predicted molar refractivity (Wildman–Crippen MR) is 171 cm³/mol. The lowest BCUT2D eigenvalue weighted by Crippen LogP contribution is -2.50. The minimum atomic E-state index is -0.858. The van der Waals surface area contributed by atoms with E-state index in [4.69, 9.17) is 24.7 Å². The van der Waals surface area contributed by atoms with E-state index in [2.05, 4.69) is 40.6 Å². The van der Waals surface area contributed by atoms with Crippen LogP contribution in [0.1, 0.15) is 22.6 Å². The molecule has 0 bridgehead atoms. The van der Waals surface area contributed by atoms with Crippen molar-refractivity contribution in [2.45, 2.75) is 31.0 Å². The van der Waals surface area contributed by atoms with E-state index in [1.54, 1.807) is 18.2 Å². The van der Waals surface area contributed by atoms with E-state index < -0.39 is 29.7 Å². The number of amides is 1. The molecule has 1 heterocycles. The first-order valence-electron chi connectivity index (χ1n) is 14.6. The third-order valence-electron chi connectivity index (χ3n) is 7.36. The highest BCUT2D eigenvalue weighted by molar-refractivity contribution is 5.69. The molecule has 5 N–H and O–H groups in total. The fourth-order valence-corrected chi connectivity index (χ4v) is 5.05. The van der Waals surface area contributed by atoms with Crippen molar-refractivity contribution >= 4 is 11.8 Å². The van der Waals surface area contributed by atoms with Gasteiger partial charge in [-0.1, -0.05) is 66.9 Å². The van der Waals surface area contributed by atoms with Gasteiger partial charge in [-0.05, 0) is 42.3 Å². The summed E-state index contributed by atoms with van der Waals surface area (Å²) in [7, 11) is 1.25. The van der Waals surface area contributed by atoms with Gasteiger partial charge in [-0.2, -0.15) is 0 Å². The summed E-state index contributed by atoms with van der Waals surface area (Å²) in [5.41, 5.74) is 14.0. The zero-order valence-electron chi connectivity index (χ0n) is 25.8. The number of halogens is 2. The van der Waals surface area contributed by atoms with Gasteiger partial charge < -0.3 is 40.6 Å². The number of para-hydroxylation sites is 1. The molecule has 4 rings (SSSR count). The SMILES string of the molecule is C=C=C(N)OC[C@@H]1CO[C@H](COc2c(F)cccc2NC(=C=C)[C@@H](NC(=O)OC)[C@@H](c2ccc(F)cc2)c2cccc(C)c2)CN1. The maximum Gasteiger partial charge on any atom is 0.407 e. The number of methoxy groups -OCH3 is 1. The van der Waals surface area contributed by atoms with E-state index in [1.165, 1.54) is 31.4 Å². The van der Waals surface area contributed by atoms with Crippen molar-refractivity contribution in [3.05, 3.63) is 131 Å². The molecule has 0 spiro atoms. The summed E-state index contributed by atoms with van der Waals surface area (Å²) in [5, 5.41) is 9.33. The van der Waals surface area contributed by atoms with Crippen molar-refractivity contribution in [3.8, 4) is 5.75 Å². The number of anilines is 1. The number of benzene rings is 3. The Labute approximate surface area is 267 Å². The number of alkyl carbamates (subject to hydrolysis) is 1. The van der Waals surface area contributed by atoms with Crippen LogP contribution >= 0.6 is 0 Å². The van der Waals surface area contributed by atoms with Gasteiger partial charge in [0.15, 0.2) is 11.6 Å². The molecule has 11 heteroatoms. The van der Waals surface area contributed by atoms with E-state index in [0.29, 0.717) is 24.4 Å². The Morgan fingerprint density at radius 2 is 1.85 bits per heavy atom. The van der Waals surface area contributed by atoms with Crippen LogP contribution in [0, 0.1) is 18.6 Å². The van der Waals surface area contributed by atoms with E-state index in [-0.39, 0.29) is 42.7 Å². The molecule has 1 aliphatic heterocycles. The maximum atomic E-state index is 15.2. The van der Waals surface area contributed by atoms with Crippen molar-refractivity contribution in [3.63, 3.8) is 0 Å². The lowest BCUT2D eigenvalue weighted by atomic mass is 9.83. The molecule has 0 unspecified atom stereocenters. The van der Waals surface area contributed by atoms with Crippen molar-refractivity contribution in [1.82, 2.24) is 10.6 Å². The highest BCUT2D eigenvalue weighted by Crippen LogP contribution is 2.35. The number of rotatable bonds is 13. The summed E-state index contributed by atoms with van der Waals surface area (Å²) in [6.07, 6.45) is -1.09. The minimum Gasteiger partial charge on any atom is -0.486 e. The number of hydrogen-bond donors (Lipinski definition) is 4. The van der Waals surface area contributed by atoms with E-state index >= 15 is 4.39 Å². The van der Waals surface area contributed by atoms with Crippen molar-refractivity contribution < 1.29 is 32.5 Å². The molecule has 0 aromatic heterocycles. The predicted octanol–water partition coefficient (Wildman–Crippen LogP) is 5.25. The number of ether oxygens (including phenoxy) is 4. The van der Waals surface area contributed by atoms with Crippen molar-refractivity contribution in [1.29, 1.82) is 0 Å². The lowest BCUT2D eigenvalue weighted by molar-refractivity contribution is -0.0325. The average Bonchev–Trinajstić information content (AvgIpc) is 3.06. The van der Waals surface area contributed by atoms with E-state index in [0.717, 1.165) is 11.1 Å². The van der Waals surface area contributed by atoms with Crippen LogP contribution in [0.4, 0.5) is 19.3 Å². The molecule has 0 saturated carbocycles. The number of nitrogens with one attached hydrogen (secondary N) is 3. The highest BCUT2D eigenvalue weighted by Gasteiger charge is 2.32. The summed E-state index contributed by atoms with van der Waals surface area (Å²) in [4.78, 5) is 12.7. The maximum absolute atomic E-state index is 15.2. The molecule has 1 amide bonds. The summed E-state index contributed by atoms with van der Waals surface area (Å²) < 4.78 is 51.3. The fourth-order valence-electron chi connectivity index (χ4n) is 5.05. The van der Waals surface area contributed by atoms with Crippen molar-refractivity contribution in [2.75, 3.05) is 38.8 Å². The van der Waals surface area contributed by atoms with Gasteiger partial charge in [-0.25, -0.2) is 13.6 Å². The van der Waals surface area contributed by atoms with Crippen LogP contribution in [0.5, 0.6) is 5.75 Å². The largest absolute Gasteiger partial charge is 0.486 e. The van der Waals surface area contributed by atoms with Crippen LogP contribution in [-0.2, 0) is 14.2 Å².